The van der Waals surface area contributed by atoms with E-state index < -0.39 is 12.3 Å². The zero-order valence-corrected chi connectivity index (χ0v) is 15.4. The molecule has 0 saturated heterocycles. The molecule has 0 bridgehead atoms. The molecule has 1 amide bonds. The highest BCUT2D eigenvalue weighted by molar-refractivity contribution is 6.30. The Balaban J connectivity index is 1.71. The summed E-state index contributed by atoms with van der Waals surface area (Å²) in [6.07, 6.45) is -1.49. The Labute approximate surface area is 159 Å². The van der Waals surface area contributed by atoms with E-state index in [0.717, 1.165) is 4.52 Å². The number of nitrogens with zero attached hydrogens (tertiary/aromatic N) is 3. The fourth-order valence-electron chi connectivity index (χ4n) is 2.52. The van der Waals surface area contributed by atoms with Crippen molar-refractivity contribution >= 4 is 23.2 Å². The largest absolute Gasteiger partial charge is 0.491 e. The van der Waals surface area contributed by atoms with Crippen molar-refractivity contribution in [2.24, 2.45) is 0 Å². The quantitative estimate of drug-likeness (QED) is 0.690. The number of carbonyl (C=O) groups excluding carboxylic acids is 1. The van der Waals surface area contributed by atoms with Crippen LogP contribution in [0.25, 0.3) is 5.65 Å². The van der Waals surface area contributed by atoms with Crippen molar-refractivity contribution in [3.05, 3.63) is 58.5 Å². The van der Waals surface area contributed by atoms with Gasteiger partial charge in [0.25, 0.3) is 12.3 Å². The molecule has 0 aliphatic rings. The fourth-order valence-corrected chi connectivity index (χ4v) is 2.65. The molecule has 0 spiro atoms. The molecule has 27 heavy (non-hydrogen) atoms. The second-order valence-corrected chi connectivity index (χ2v) is 6.49. The average Bonchev–Trinajstić information content (AvgIpc) is 3.04. The van der Waals surface area contributed by atoms with Gasteiger partial charge in [0.1, 0.15) is 23.6 Å². The number of aromatic nitrogens is 3. The average molecular weight is 395 g/mol. The van der Waals surface area contributed by atoms with Crippen LogP contribution in [0.2, 0.25) is 5.02 Å². The zero-order valence-electron chi connectivity index (χ0n) is 14.6. The van der Waals surface area contributed by atoms with Crippen LogP contribution in [0.1, 0.15) is 35.1 Å². The second-order valence-electron chi connectivity index (χ2n) is 6.06. The number of aryl methyl sites for hydroxylation is 1. The van der Waals surface area contributed by atoms with Crippen molar-refractivity contribution < 1.29 is 18.3 Å². The van der Waals surface area contributed by atoms with Gasteiger partial charge in [-0.3, -0.25) is 4.79 Å². The third-order valence-electron chi connectivity index (χ3n) is 3.79. The normalized spacial score (nSPS) is 12.4. The number of ether oxygens (including phenoxy) is 1. The van der Waals surface area contributed by atoms with Gasteiger partial charge in [0.05, 0.1) is 12.2 Å². The third kappa shape index (κ3) is 4.33. The molecule has 0 radical (unpaired) electrons. The van der Waals surface area contributed by atoms with Crippen molar-refractivity contribution in [3.8, 4) is 5.75 Å². The van der Waals surface area contributed by atoms with Crippen molar-refractivity contribution in [1.29, 1.82) is 0 Å². The Kier molecular flexibility index (Phi) is 5.55. The summed E-state index contributed by atoms with van der Waals surface area (Å²) in [6, 6.07) is 7.76. The molecule has 3 rings (SSSR count). The first-order valence-electron chi connectivity index (χ1n) is 8.18. The maximum Gasteiger partial charge on any atom is 0.280 e. The molecule has 0 unspecified atom stereocenters. The summed E-state index contributed by atoms with van der Waals surface area (Å²) in [5.41, 5.74) is 0.287. The van der Waals surface area contributed by atoms with Crippen molar-refractivity contribution in [3.63, 3.8) is 0 Å². The number of alkyl halides is 2. The van der Waals surface area contributed by atoms with Crippen LogP contribution in [0, 0.1) is 6.92 Å². The number of hydrogen-bond donors (Lipinski definition) is 1. The Bertz CT molecular complexity index is 960. The molecule has 2 aromatic heterocycles. The number of hydrogen-bond acceptors (Lipinski definition) is 4. The monoisotopic (exact) mass is 394 g/mol. The smallest absolute Gasteiger partial charge is 0.280 e. The molecular formula is C18H17ClF2N4O2. The van der Waals surface area contributed by atoms with E-state index in [4.69, 9.17) is 16.3 Å². The molecule has 1 aromatic carbocycles. The molecular weight excluding hydrogens is 378 g/mol. The minimum Gasteiger partial charge on any atom is -0.491 e. The summed E-state index contributed by atoms with van der Waals surface area (Å²) in [5, 5.41) is 7.23. The molecule has 1 N–H and O–H groups in total. The highest BCUT2D eigenvalue weighted by Crippen LogP contribution is 2.21. The molecule has 0 aliphatic carbocycles. The van der Waals surface area contributed by atoms with Gasteiger partial charge < -0.3 is 10.1 Å². The molecule has 2 heterocycles. The van der Waals surface area contributed by atoms with Gasteiger partial charge in [0.15, 0.2) is 5.65 Å². The molecule has 1 atom stereocenters. The fraction of sp³-hybridized carbons (Fsp3) is 0.278. The van der Waals surface area contributed by atoms with Crippen LogP contribution in [-0.4, -0.2) is 33.2 Å². The van der Waals surface area contributed by atoms with Gasteiger partial charge in [-0.15, -0.1) is 0 Å². The highest BCUT2D eigenvalue weighted by atomic mass is 35.5. The van der Waals surface area contributed by atoms with Crippen LogP contribution in [-0.2, 0) is 0 Å². The Morgan fingerprint density at radius 3 is 2.70 bits per heavy atom. The number of amides is 1. The summed E-state index contributed by atoms with van der Waals surface area (Å²) >= 11 is 5.82. The van der Waals surface area contributed by atoms with Crippen LogP contribution >= 0.6 is 11.6 Å². The lowest BCUT2D eigenvalue weighted by molar-refractivity contribution is 0.0928. The van der Waals surface area contributed by atoms with E-state index in [1.807, 2.05) is 0 Å². The zero-order chi connectivity index (χ0) is 19.6. The van der Waals surface area contributed by atoms with Crippen molar-refractivity contribution in [2.45, 2.75) is 26.3 Å². The number of benzene rings is 1. The summed E-state index contributed by atoms with van der Waals surface area (Å²) in [7, 11) is 0. The number of rotatable bonds is 6. The van der Waals surface area contributed by atoms with E-state index in [9.17, 15) is 13.6 Å². The molecule has 3 aromatic rings. The molecule has 142 valence electrons. The first-order chi connectivity index (χ1) is 12.8. The lowest BCUT2D eigenvalue weighted by atomic mass is 10.2. The second kappa shape index (κ2) is 7.87. The van der Waals surface area contributed by atoms with E-state index in [-0.39, 0.29) is 29.6 Å². The predicted octanol–water partition coefficient (Wildman–Crippen LogP) is 3.83. The van der Waals surface area contributed by atoms with E-state index in [1.54, 1.807) is 38.1 Å². The first kappa shape index (κ1) is 19.0. The molecule has 6 nitrogen and oxygen atoms in total. The SMILES string of the molecule is Cc1cc(C(F)F)n2ncc(C(=O)N[C@H](C)COc3ccc(Cl)cc3)c2n1. The third-order valence-corrected chi connectivity index (χ3v) is 4.04. The summed E-state index contributed by atoms with van der Waals surface area (Å²) in [4.78, 5) is 16.7. The van der Waals surface area contributed by atoms with E-state index in [0.29, 0.717) is 16.5 Å². The number of nitrogens with one attached hydrogen (secondary N) is 1. The Morgan fingerprint density at radius 2 is 2.04 bits per heavy atom. The van der Waals surface area contributed by atoms with Gasteiger partial charge >= 0.3 is 0 Å². The van der Waals surface area contributed by atoms with E-state index in [2.05, 4.69) is 15.4 Å². The van der Waals surface area contributed by atoms with Crippen LogP contribution in [0.4, 0.5) is 8.78 Å². The number of fused-ring (bicyclic) bond motifs is 1. The lowest BCUT2D eigenvalue weighted by Gasteiger charge is -2.15. The minimum absolute atomic E-state index is 0.0913. The summed E-state index contributed by atoms with van der Waals surface area (Å²) in [5.74, 6) is 0.158. The molecule has 9 heteroatoms. The van der Waals surface area contributed by atoms with Crippen LogP contribution < -0.4 is 10.1 Å². The number of carbonyl (C=O) groups is 1. The number of halogens is 3. The van der Waals surface area contributed by atoms with Gasteiger partial charge in [-0.2, -0.15) is 5.10 Å². The lowest BCUT2D eigenvalue weighted by Crippen LogP contribution is -2.36. The van der Waals surface area contributed by atoms with E-state index >= 15 is 0 Å². The predicted molar refractivity (Wildman–Crippen MR) is 96.6 cm³/mol. The van der Waals surface area contributed by atoms with Gasteiger partial charge in [-0.05, 0) is 44.2 Å². The van der Waals surface area contributed by atoms with Gasteiger partial charge in [0.2, 0.25) is 0 Å². The van der Waals surface area contributed by atoms with Crippen LogP contribution in [0.3, 0.4) is 0 Å². The Hall–Kier alpha value is -2.74. The topological polar surface area (TPSA) is 68.5 Å². The first-order valence-corrected chi connectivity index (χ1v) is 8.55. The van der Waals surface area contributed by atoms with Gasteiger partial charge in [-0.25, -0.2) is 18.3 Å². The maximum atomic E-state index is 13.2. The minimum atomic E-state index is -2.73. The van der Waals surface area contributed by atoms with Crippen LogP contribution in [0.15, 0.2) is 36.5 Å². The maximum absolute atomic E-state index is 13.2. The standard InChI is InChI=1S/C18H17ClF2N4O2/c1-10-7-15(16(20)21)25-17(23-10)14(8-22-25)18(26)24-11(2)9-27-13-5-3-12(19)4-6-13/h3-8,11,16H,9H2,1-2H3,(H,24,26)/t11-/m1/s1. The van der Waals surface area contributed by atoms with Crippen molar-refractivity contribution in [1.82, 2.24) is 19.9 Å². The molecule has 0 saturated carbocycles. The van der Waals surface area contributed by atoms with Crippen LogP contribution in [0.5, 0.6) is 5.75 Å². The van der Waals surface area contributed by atoms with Gasteiger partial charge in [0, 0.05) is 10.7 Å². The van der Waals surface area contributed by atoms with Crippen molar-refractivity contribution in [2.75, 3.05) is 6.61 Å². The highest BCUT2D eigenvalue weighted by Gasteiger charge is 2.21. The molecule has 0 aliphatic heterocycles. The summed E-state index contributed by atoms with van der Waals surface area (Å²) < 4.78 is 32.9. The Morgan fingerprint density at radius 1 is 1.33 bits per heavy atom. The van der Waals surface area contributed by atoms with Gasteiger partial charge in [-0.1, -0.05) is 11.6 Å². The summed E-state index contributed by atoms with van der Waals surface area (Å²) in [6.45, 7) is 3.58. The molecule has 0 fully saturated rings. The van der Waals surface area contributed by atoms with E-state index in [1.165, 1.54) is 12.3 Å².